The zero-order valence-corrected chi connectivity index (χ0v) is 16.7. The quantitative estimate of drug-likeness (QED) is 0.776. The van der Waals surface area contributed by atoms with Gasteiger partial charge in [-0.1, -0.05) is 43.2 Å². The predicted octanol–water partition coefficient (Wildman–Crippen LogP) is 3.62. The number of sulfonamides is 1. The van der Waals surface area contributed by atoms with Crippen LogP contribution in [0.2, 0.25) is 0 Å². The van der Waals surface area contributed by atoms with Gasteiger partial charge in [-0.05, 0) is 49.1 Å². The van der Waals surface area contributed by atoms with E-state index in [1.54, 1.807) is 16.4 Å². The highest BCUT2D eigenvalue weighted by atomic mass is 32.2. The molecule has 2 aromatic carbocycles. The molecule has 0 unspecified atom stereocenters. The highest BCUT2D eigenvalue weighted by Gasteiger charge is 2.24. The van der Waals surface area contributed by atoms with Crippen molar-refractivity contribution in [2.45, 2.75) is 37.0 Å². The van der Waals surface area contributed by atoms with E-state index in [1.807, 2.05) is 42.5 Å². The van der Waals surface area contributed by atoms with E-state index in [0.29, 0.717) is 31.0 Å². The first-order chi connectivity index (χ1) is 13.6. The average molecular weight is 402 g/mol. The number of hydrogen-bond acceptors (Lipinski definition) is 3. The van der Waals surface area contributed by atoms with Crippen LogP contribution in [0.5, 0.6) is 0 Å². The number of amides is 2. The summed E-state index contributed by atoms with van der Waals surface area (Å²) >= 11 is 0. The monoisotopic (exact) mass is 401 g/mol. The third-order valence-electron chi connectivity index (χ3n) is 4.86. The Morgan fingerprint density at radius 3 is 2.18 bits per heavy atom. The van der Waals surface area contributed by atoms with Gasteiger partial charge >= 0.3 is 6.03 Å². The first-order valence-corrected chi connectivity index (χ1v) is 11.2. The minimum atomic E-state index is -3.42. The molecule has 1 aliphatic heterocycles. The Hall–Kier alpha value is -2.38. The smallest absolute Gasteiger partial charge is 0.319 e. The molecule has 1 heterocycles. The van der Waals surface area contributed by atoms with E-state index in [-0.39, 0.29) is 6.03 Å². The number of nitrogens with one attached hydrogen (secondary N) is 2. The predicted molar refractivity (Wildman–Crippen MR) is 111 cm³/mol. The molecule has 0 aromatic heterocycles. The fourth-order valence-electron chi connectivity index (χ4n) is 3.28. The molecule has 0 aliphatic carbocycles. The number of rotatable bonds is 6. The minimum absolute atomic E-state index is 0.258. The van der Waals surface area contributed by atoms with Gasteiger partial charge in [0.25, 0.3) is 0 Å². The first-order valence-electron chi connectivity index (χ1n) is 9.75. The van der Waals surface area contributed by atoms with Crippen LogP contribution in [0.4, 0.5) is 10.5 Å². The number of para-hydroxylation sites is 1. The molecule has 1 saturated heterocycles. The summed E-state index contributed by atoms with van der Waals surface area (Å²) in [7, 11) is -3.42. The summed E-state index contributed by atoms with van der Waals surface area (Å²) in [5, 5.41) is 5.57. The number of carbonyl (C=O) groups excluding carboxylic acids is 1. The molecule has 0 saturated carbocycles. The van der Waals surface area contributed by atoms with Crippen molar-refractivity contribution in [3.05, 3.63) is 60.2 Å². The van der Waals surface area contributed by atoms with E-state index in [0.717, 1.165) is 36.9 Å². The number of hydrogen-bond donors (Lipinski definition) is 2. The maximum Gasteiger partial charge on any atom is 0.319 e. The molecule has 0 bridgehead atoms. The molecular formula is C21H27N3O3S. The largest absolute Gasteiger partial charge is 0.338 e. The maximum absolute atomic E-state index is 12.8. The Morgan fingerprint density at radius 1 is 0.893 bits per heavy atom. The van der Waals surface area contributed by atoms with E-state index in [9.17, 15) is 13.2 Å². The second kappa shape index (κ2) is 9.71. The summed E-state index contributed by atoms with van der Waals surface area (Å²) in [4.78, 5) is 12.2. The standard InChI is InChI=1S/C21H27N3O3S/c25-21(23-19-8-4-3-5-9-19)22-15-14-18-10-12-20(13-11-18)28(26,27)24-16-6-1-2-7-17-24/h3-5,8-13H,1-2,6-7,14-17H2,(H2,22,23,25). The summed E-state index contributed by atoms with van der Waals surface area (Å²) in [5.41, 5.74) is 1.72. The molecule has 1 aliphatic rings. The molecule has 1 fully saturated rings. The number of carbonyl (C=O) groups is 1. The Bertz CT molecular complexity index is 860. The first kappa shape index (κ1) is 20.4. The highest BCUT2D eigenvalue weighted by molar-refractivity contribution is 7.89. The van der Waals surface area contributed by atoms with Gasteiger partial charge in [0.05, 0.1) is 4.90 Å². The van der Waals surface area contributed by atoms with Gasteiger partial charge in [0.1, 0.15) is 0 Å². The second-order valence-corrected chi connectivity index (χ2v) is 8.90. The second-order valence-electron chi connectivity index (χ2n) is 6.96. The fraction of sp³-hybridized carbons (Fsp3) is 0.381. The molecule has 28 heavy (non-hydrogen) atoms. The molecule has 0 spiro atoms. The van der Waals surface area contributed by atoms with E-state index < -0.39 is 10.0 Å². The van der Waals surface area contributed by atoms with Crippen LogP contribution in [-0.2, 0) is 16.4 Å². The number of anilines is 1. The van der Waals surface area contributed by atoms with Gasteiger partial charge in [0.2, 0.25) is 10.0 Å². The molecule has 6 nitrogen and oxygen atoms in total. The van der Waals surface area contributed by atoms with Crippen molar-refractivity contribution in [3.8, 4) is 0 Å². The van der Waals surface area contributed by atoms with Crippen LogP contribution in [0.3, 0.4) is 0 Å². The summed E-state index contributed by atoms with van der Waals surface area (Å²) in [5.74, 6) is 0. The Kier molecular flexibility index (Phi) is 7.06. The molecule has 3 rings (SSSR count). The summed E-state index contributed by atoms with van der Waals surface area (Å²) in [6.45, 7) is 1.67. The Balaban J connectivity index is 1.50. The topological polar surface area (TPSA) is 78.5 Å². The molecule has 2 aromatic rings. The molecule has 7 heteroatoms. The van der Waals surface area contributed by atoms with Crippen molar-refractivity contribution >= 4 is 21.7 Å². The molecule has 2 amide bonds. The average Bonchev–Trinajstić information content (AvgIpc) is 2.99. The normalized spacial score (nSPS) is 15.6. The van der Waals surface area contributed by atoms with E-state index in [4.69, 9.17) is 0 Å². The van der Waals surface area contributed by atoms with Gasteiger partial charge in [0.15, 0.2) is 0 Å². The Morgan fingerprint density at radius 2 is 1.54 bits per heavy atom. The van der Waals surface area contributed by atoms with E-state index >= 15 is 0 Å². The fourth-order valence-corrected chi connectivity index (χ4v) is 4.79. The molecule has 0 atom stereocenters. The van der Waals surface area contributed by atoms with Crippen LogP contribution in [0.25, 0.3) is 0 Å². The van der Waals surface area contributed by atoms with Crippen molar-refractivity contribution in [3.63, 3.8) is 0 Å². The third kappa shape index (κ3) is 5.56. The lowest BCUT2D eigenvalue weighted by atomic mass is 10.1. The molecular weight excluding hydrogens is 374 g/mol. The van der Waals surface area contributed by atoms with Crippen molar-refractivity contribution in [2.24, 2.45) is 0 Å². The zero-order chi connectivity index (χ0) is 19.8. The highest BCUT2D eigenvalue weighted by Crippen LogP contribution is 2.20. The molecule has 150 valence electrons. The van der Waals surface area contributed by atoms with Crippen molar-refractivity contribution in [1.82, 2.24) is 9.62 Å². The van der Waals surface area contributed by atoms with Gasteiger partial charge in [-0.3, -0.25) is 0 Å². The summed E-state index contributed by atoms with van der Waals surface area (Å²) in [6, 6.07) is 16.0. The van der Waals surface area contributed by atoms with Crippen LogP contribution in [0, 0.1) is 0 Å². The number of nitrogens with zero attached hydrogens (tertiary/aromatic N) is 1. The molecule has 0 radical (unpaired) electrons. The maximum atomic E-state index is 12.8. The lowest BCUT2D eigenvalue weighted by molar-refractivity contribution is 0.252. The van der Waals surface area contributed by atoms with Gasteiger partial charge in [-0.2, -0.15) is 4.31 Å². The minimum Gasteiger partial charge on any atom is -0.338 e. The summed E-state index contributed by atoms with van der Waals surface area (Å²) in [6.07, 6.45) is 4.67. The van der Waals surface area contributed by atoms with Gasteiger partial charge in [-0.25, -0.2) is 13.2 Å². The summed E-state index contributed by atoms with van der Waals surface area (Å²) < 4.78 is 27.2. The van der Waals surface area contributed by atoms with Crippen LogP contribution >= 0.6 is 0 Å². The third-order valence-corrected chi connectivity index (χ3v) is 6.77. The van der Waals surface area contributed by atoms with Crippen LogP contribution in [0.1, 0.15) is 31.2 Å². The van der Waals surface area contributed by atoms with Gasteiger partial charge < -0.3 is 10.6 Å². The van der Waals surface area contributed by atoms with Crippen molar-refractivity contribution in [2.75, 3.05) is 25.0 Å². The van der Waals surface area contributed by atoms with Crippen LogP contribution in [0.15, 0.2) is 59.5 Å². The van der Waals surface area contributed by atoms with Gasteiger partial charge in [-0.15, -0.1) is 0 Å². The molecule has 2 N–H and O–H groups in total. The zero-order valence-electron chi connectivity index (χ0n) is 15.9. The van der Waals surface area contributed by atoms with Crippen molar-refractivity contribution in [1.29, 1.82) is 0 Å². The van der Waals surface area contributed by atoms with Gasteiger partial charge in [0, 0.05) is 25.3 Å². The Labute approximate surface area is 167 Å². The van der Waals surface area contributed by atoms with E-state index in [1.165, 1.54) is 0 Å². The SMILES string of the molecule is O=C(NCCc1ccc(S(=O)(=O)N2CCCCCC2)cc1)Nc1ccccc1. The van der Waals surface area contributed by atoms with Crippen LogP contribution in [-0.4, -0.2) is 38.4 Å². The van der Waals surface area contributed by atoms with E-state index in [2.05, 4.69) is 10.6 Å². The van der Waals surface area contributed by atoms with Crippen LogP contribution < -0.4 is 10.6 Å². The lowest BCUT2D eigenvalue weighted by Gasteiger charge is -2.20. The number of urea groups is 1. The number of benzene rings is 2. The lowest BCUT2D eigenvalue weighted by Crippen LogP contribution is -2.32. The van der Waals surface area contributed by atoms with Crippen molar-refractivity contribution < 1.29 is 13.2 Å².